The molecule has 1 aliphatic heterocycles. The summed E-state index contributed by atoms with van der Waals surface area (Å²) in [6.45, 7) is 3.84. The predicted molar refractivity (Wildman–Crippen MR) is 267 cm³/mol. The van der Waals surface area contributed by atoms with E-state index >= 15 is 0 Å². The molecule has 1 rings (SSSR count). The first-order chi connectivity index (χ1) is 31.3. The predicted octanol–water partition coefficient (Wildman–Crippen LogP) is 13.2. The second kappa shape index (κ2) is 45.7. The van der Waals surface area contributed by atoms with Gasteiger partial charge in [-0.15, -0.1) is 0 Å². The lowest BCUT2D eigenvalue weighted by Crippen LogP contribution is -2.60. The van der Waals surface area contributed by atoms with Crippen LogP contribution in [0.5, 0.6) is 0 Å². The molecule has 7 atom stereocenters. The third-order valence-electron chi connectivity index (χ3n) is 13.6. The van der Waals surface area contributed by atoms with Crippen LogP contribution in [-0.4, -0.2) is 87.5 Å². The lowest BCUT2D eigenvalue weighted by atomic mass is 9.99. The van der Waals surface area contributed by atoms with Gasteiger partial charge in [-0.05, 0) is 38.5 Å². The number of nitrogens with one attached hydrogen (secondary N) is 1. The van der Waals surface area contributed by atoms with Crippen LogP contribution in [0.15, 0.2) is 12.2 Å². The van der Waals surface area contributed by atoms with Gasteiger partial charge in [-0.3, -0.25) is 4.79 Å². The Labute approximate surface area is 395 Å². The molecule has 0 bridgehead atoms. The average molecular weight is 910 g/mol. The summed E-state index contributed by atoms with van der Waals surface area (Å²) in [6.07, 6.45) is 48.4. The molecule has 1 amide bonds. The molecular formula is C55H107NO8. The molecule has 0 radical (unpaired) electrons. The molecule has 7 unspecified atom stereocenters. The minimum atomic E-state index is -1.55. The fraction of sp³-hybridized carbons (Fsp3) is 0.945. The van der Waals surface area contributed by atoms with Gasteiger partial charge in [0.2, 0.25) is 5.91 Å². The first-order valence-corrected chi connectivity index (χ1v) is 27.9. The van der Waals surface area contributed by atoms with Crippen molar-refractivity contribution in [3.8, 4) is 0 Å². The Bertz CT molecular complexity index is 1010. The van der Waals surface area contributed by atoms with Gasteiger partial charge in [0.25, 0.3) is 0 Å². The summed E-state index contributed by atoms with van der Waals surface area (Å²) in [5.41, 5.74) is 0. The molecule has 9 nitrogen and oxygen atoms in total. The van der Waals surface area contributed by atoms with Crippen LogP contribution in [-0.2, 0) is 14.3 Å². The molecule has 0 aromatic rings. The number of aliphatic hydroxyl groups is 5. The van der Waals surface area contributed by atoms with E-state index in [9.17, 15) is 30.3 Å². The van der Waals surface area contributed by atoms with E-state index in [4.69, 9.17) is 9.47 Å². The van der Waals surface area contributed by atoms with Crippen LogP contribution in [0.4, 0.5) is 0 Å². The molecule has 64 heavy (non-hydrogen) atoms. The van der Waals surface area contributed by atoms with Crippen LogP contribution < -0.4 is 5.32 Å². The summed E-state index contributed by atoms with van der Waals surface area (Å²) >= 11 is 0. The third-order valence-corrected chi connectivity index (χ3v) is 13.6. The number of hydrogen-bond acceptors (Lipinski definition) is 8. The first kappa shape index (κ1) is 60.9. The van der Waals surface area contributed by atoms with Crippen molar-refractivity contribution >= 4 is 5.91 Å². The summed E-state index contributed by atoms with van der Waals surface area (Å²) < 4.78 is 11.3. The zero-order chi connectivity index (χ0) is 46.6. The van der Waals surface area contributed by atoms with Crippen molar-refractivity contribution in [2.45, 2.75) is 320 Å². The van der Waals surface area contributed by atoms with Crippen molar-refractivity contribution in [3.05, 3.63) is 12.2 Å². The molecule has 0 aromatic heterocycles. The fourth-order valence-electron chi connectivity index (χ4n) is 9.16. The zero-order valence-corrected chi connectivity index (χ0v) is 42.1. The maximum atomic E-state index is 13.0. The number of carbonyl (C=O) groups is 1. The van der Waals surface area contributed by atoms with Gasteiger partial charge in [0.05, 0.1) is 25.4 Å². The first-order valence-electron chi connectivity index (χ1n) is 27.9. The van der Waals surface area contributed by atoms with Crippen LogP contribution in [0.1, 0.15) is 277 Å². The number of ether oxygens (including phenoxy) is 2. The van der Waals surface area contributed by atoms with E-state index in [1.54, 1.807) is 0 Å². The Morgan fingerprint density at radius 2 is 0.875 bits per heavy atom. The maximum Gasteiger partial charge on any atom is 0.220 e. The van der Waals surface area contributed by atoms with Crippen LogP contribution in [0, 0.1) is 0 Å². The van der Waals surface area contributed by atoms with E-state index in [1.807, 2.05) is 0 Å². The number of rotatable bonds is 48. The fourth-order valence-corrected chi connectivity index (χ4v) is 9.16. The van der Waals surface area contributed by atoms with Gasteiger partial charge in [-0.1, -0.05) is 244 Å². The van der Waals surface area contributed by atoms with Gasteiger partial charge < -0.3 is 40.3 Å². The second-order valence-electron chi connectivity index (χ2n) is 19.7. The summed E-state index contributed by atoms with van der Waals surface area (Å²) in [5, 5.41) is 54.4. The Hall–Kier alpha value is -1.07. The van der Waals surface area contributed by atoms with Gasteiger partial charge in [0, 0.05) is 6.42 Å². The van der Waals surface area contributed by atoms with Crippen LogP contribution in [0.2, 0.25) is 0 Å². The number of hydrogen-bond donors (Lipinski definition) is 6. The normalized spacial score (nSPS) is 20.0. The standard InChI is InChI=1S/C55H107NO8/c1-3-5-7-9-11-13-15-16-17-18-19-20-21-22-23-24-25-26-27-28-29-30-31-32-33-34-35-37-39-41-43-45-51(59)56-48(47-63-55-54(62)53(61)52(60)50(46-57)64-55)49(58)44-42-40-38-36-14-12-10-8-6-4-2/h22-23,48-50,52-55,57-58,60-62H,3-21,24-47H2,1-2H3,(H,56,59)/b23-22-. The SMILES string of the molecule is CCCCCCCCCCCCCC/C=C\CCCCCCCCCCCCCCCCCC(=O)NC(COC1OC(CO)C(O)C(O)C1O)C(O)CCCCCCCCCCCC. The molecule has 1 fully saturated rings. The van der Waals surface area contributed by atoms with Crippen LogP contribution in [0.3, 0.4) is 0 Å². The van der Waals surface area contributed by atoms with Gasteiger partial charge in [-0.25, -0.2) is 0 Å². The van der Waals surface area contributed by atoms with Crippen molar-refractivity contribution in [1.29, 1.82) is 0 Å². The summed E-state index contributed by atoms with van der Waals surface area (Å²) in [6, 6.07) is -0.713. The Morgan fingerprint density at radius 3 is 1.27 bits per heavy atom. The van der Waals surface area contributed by atoms with Gasteiger partial charge >= 0.3 is 0 Å². The molecule has 1 saturated heterocycles. The summed E-state index contributed by atoms with van der Waals surface area (Å²) in [4.78, 5) is 13.0. The van der Waals surface area contributed by atoms with Crippen LogP contribution in [0.25, 0.3) is 0 Å². The van der Waals surface area contributed by atoms with Crippen molar-refractivity contribution < 1.29 is 39.8 Å². The van der Waals surface area contributed by atoms with E-state index in [1.165, 1.54) is 212 Å². The highest BCUT2D eigenvalue weighted by Gasteiger charge is 2.44. The minimum absolute atomic E-state index is 0.134. The second-order valence-corrected chi connectivity index (χ2v) is 19.7. The molecule has 0 aliphatic carbocycles. The Morgan fingerprint density at radius 1 is 0.516 bits per heavy atom. The topological polar surface area (TPSA) is 149 Å². The van der Waals surface area contributed by atoms with E-state index in [0.717, 1.165) is 38.5 Å². The molecule has 0 spiro atoms. The van der Waals surface area contributed by atoms with Gasteiger partial charge in [0.1, 0.15) is 24.4 Å². The molecule has 1 aliphatic rings. The maximum absolute atomic E-state index is 13.0. The number of aliphatic hydroxyl groups excluding tert-OH is 5. The highest BCUT2D eigenvalue weighted by Crippen LogP contribution is 2.23. The lowest BCUT2D eigenvalue weighted by molar-refractivity contribution is -0.302. The molecule has 0 aromatic carbocycles. The quantitative estimate of drug-likeness (QED) is 0.0261. The van der Waals surface area contributed by atoms with Crippen molar-refractivity contribution in [1.82, 2.24) is 5.32 Å². The van der Waals surface area contributed by atoms with E-state index in [-0.39, 0.29) is 12.5 Å². The molecular weight excluding hydrogens is 803 g/mol. The number of allylic oxidation sites excluding steroid dienone is 2. The molecule has 9 heteroatoms. The summed E-state index contributed by atoms with van der Waals surface area (Å²) in [7, 11) is 0. The highest BCUT2D eigenvalue weighted by atomic mass is 16.7. The smallest absolute Gasteiger partial charge is 0.220 e. The minimum Gasteiger partial charge on any atom is -0.394 e. The highest BCUT2D eigenvalue weighted by molar-refractivity contribution is 5.76. The Balaban J connectivity index is 2.08. The number of carbonyl (C=O) groups excluding carboxylic acids is 1. The van der Waals surface area contributed by atoms with Gasteiger partial charge in [0.15, 0.2) is 6.29 Å². The number of amides is 1. The van der Waals surface area contributed by atoms with Crippen LogP contribution >= 0.6 is 0 Å². The monoisotopic (exact) mass is 910 g/mol. The summed E-state index contributed by atoms with van der Waals surface area (Å²) in [5.74, 6) is -0.142. The average Bonchev–Trinajstić information content (AvgIpc) is 3.29. The van der Waals surface area contributed by atoms with Gasteiger partial charge in [-0.2, -0.15) is 0 Å². The molecule has 380 valence electrons. The van der Waals surface area contributed by atoms with Crippen molar-refractivity contribution in [3.63, 3.8) is 0 Å². The van der Waals surface area contributed by atoms with E-state index in [0.29, 0.717) is 12.8 Å². The van der Waals surface area contributed by atoms with Crippen molar-refractivity contribution in [2.24, 2.45) is 0 Å². The lowest BCUT2D eigenvalue weighted by Gasteiger charge is -2.40. The Kier molecular flexibility index (Phi) is 43.5. The van der Waals surface area contributed by atoms with E-state index in [2.05, 4.69) is 31.3 Å². The number of unbranched alkanes of at least 4 members (excludes halogenated alkanes) is 36. The third kappa shape index (κ3) is 35.1. The molecule has 1 heterocycles. The molecule has 6 N–H and O–H groups in total. The van der Waals surface area contributed by atoms with Crippen molar-refractivity contribution in [2.75, 3.05) is 13.2 Å². The zero-order valence-electron chi connectivity index (χ0n) is 42.1. The van der Waals surface area contributed by atoms with E-state index < -0.39 is 49.5 Å². The molecule has 0 saturated carbocycles. The largest absolute Gasteiger partial charge is 0.394 e.